The lowest BCUT2D eigenvalue weighted by atomic mass is 9.96. The van der Waals surface area contributed by atoms with Gasteiger partial charge < -0.3 is 4.90 Å². The van der Waals surface area contributed by atoms with Crippen molar-refractivity contribution in [1.29, 1.82) is 0 Å². The molecule has 92 valence electrons. The van der Waals surface area contributed by atoms with Crippen LogP contribution < -0.4 is 0 Å². The van der Waals surface area contributed by atoms with Gasteiger partial charge in [-0.25, -0.2) is 0 Å². The molecular weight excluding hydrogens is 198 g/mol. The molecule has 0 N–H and O–H groups in total. The average molecular weight is 223 g/mol. The molecule has 1 aliphatic carbocycles. The molecule has 0 aromatic rings. The van der Waals surface area contributed by atoms with Crippen molar-refractivity contribution in [3.05, 3.63) is 0 Å². The van der Waals surface area contributed by atoms with E-state index in [1.54, 1.807) is 0 Å². The number of amides is 1. The van der Waals surface area contributed by atoms with Gasteiger partial charge in [-0.3, -0.25) is 4.79 Å². The van der Waals surface area contributed by atoms with Gasteiger partial charge in [-0.15, -0.1) is 0 Å². The van der Waals surface area contributed by atoms with E-state index in [-0.39, 0.29) is 5.92 Å². The summed E-state index contributed by atoms with van der Waals surface area (Å²) in [6, 6.07) is 1.05. The number of carbonyl (C=O) groups is 1. The molecule has 0 radical (unpaired) electrons. The topological polar surface area (TPSA) is 20.3 Å². The first kappa shape index (κ1) is 11.9. The lowest BCUT2D eigenvalue weighted by Gasteiger charge is -2.31. The average Bonchev–Trinajstić information content (AvgIpc) is 2.74. The highest BCUT2D eigenvalue weighted by atomic mass is 16.2. The Morgan fingerprint density at radius 1 is 1.25 bits per heavy atom. The minimum absolute atomic E-state index is 0.182. The Hall–Kier alpha value is -0.530. The summed E-state index contributed by atoms with van der Waals surface area (Å²) >= 11 is 0. The third-order valence-electron chi connectivity index (χ3n) is 4.74. The zero-order valence-electron chi connectivity index (χ0n) is 11.1. The molecule has 2 nitrogen and oxygen atoms in total. The number of fused-ring (bicyclic) bond motifs is 1. The molecule has 0 aromatic carbocycles. The standard InChI is InChI=1S/C14H25NO/c1-9(2)11(4)14(16)15-10(3)8-12-6-5-7-13(12)15/h9-13H,5-8H2,1-4H3. The second-order valence-electron chi connectivity index (χ2n) is 6.12. The van der Waals surface area contributed by atoms with E-state index >= 15 is 0 Å². The van der Waals surface area contributed by atoms with E-state index in [4.69, 9.17) is 0 Å². The van der Waals surface area contributed by atoms with Gasteiger partial charge in [0.2, 0.25) is 5.91 Å². The third-order valence-corrected chi connectivity index (χ3v) is 4.74. The predicted molar refractivity (Wildman–Crippen MR) is 66.1 cm³/mol. The van der Waals surface area contributed by atoms with Gasteiger partial charge in [-0.05, 0) is 38.0 Å². The first-order valence-corrected chi connectivity index (χ1v) is 6.84. The van der Waals surface area contributed by atoms with E-state index < -0.39 is 0 Å². The van der Waals surface area contributed by atoms with Gasteiger partial charge in [0, 0.05) is 18.0 Å². The summed E-state index contributed by atoms with van der Waals surface area (Å²) in [4.78, 5) is 14.7. The van der Waals surface area contributed by atoms with Crippen LogP contribution in [0.25, 0.3) is 0 Å². The fourth-order valence-electron chi connectivity index (χ4n) is 3.44. The van der Waals surface area contributed by atoms with Crippen molar-refractivity contribution in [3.63, 3.8) is 0 Å². The van der Waals surface area contributed by atoms with Gasteiger partial charge in [0.15, 0.2) is 0 Å². The van der Waals surface area contributed by atoms with E-state index in [9.17, 15) is 4.79 Å². The molecule has 0 spiro atoms. The summed E-state index contributed by atoms with van der Waals surface area (Å²) in [5.74, 6) is 1.84. The molecule has 2 fully saturated rings. The summed E-state index contributed by atoms with van der Waals surface area (Å²) in [7, 11) is 0. The monoisotopic (exact) mass is 223 g/mol. The Kier molecular flexibility index (Phi) is 3.27. The summed E-state index contributed by atoms with van der Waals surface area (Å²) in [6.45, 7) is 8.61. The Balaban J connectivity index is 2.10. The molecule has 1 saturated heterocycles. The predicted octanol–water partition coefficient (Wildman–Crippen LogP) is 3.07. The molecule has 16 heavy (non-hydrogen) atoms. The molecule has 2 heteroatoms. The number of nitrogens with zero attached hydrogens (tertiary/aromatic N) is 1. The van der Waals surface area contributed by atoms with E-state index in [0.717, 1.165) is 5.92 Å². The Bertz CT molecular complexity index is 274. The minimum Gasteiger partial charge on any atom is -0.336 e. The molecule has 1 amide bonds. The van der Waals surface area contributed by atoms with E-state index in [1.807, 2.05) is 0 Å². The van der Waals surface area contributed by atoms with Crippen molar-refractivity contribution >= 4 is 5.91 Å². The van der Waals surface area contributed by atoms with Crippen molar-refractivity contribution in [2.75, 3.05) is 0 Å². The van der Waals surface area contributed by atoms with Crippen LogP contribution in [0.1, 0.15) is 53.4 Å². The molecule has 4 unspecified atom stereocenters. The molecule has 2 rings (SSSR count). The van der Waals surface area contributed by atoms with Crippen LogP contribution >= 0.6 is 0 Å². The van der Waals surface area contributed by atoms with Crippen LogP contribution in [0.2, 0.25) is 0 Å². The highest BCUT2D eigenvalue weighted by molar-refractivity contribution is 5.79. The molecule has 1 heterocycles. The van der Waals surface area contributed by atoms with Crippen LogP contribution in [0.3, 0.4) is 0 Å². The van der Waals surface area contributed by atoms with Crippen LogP contribution in [0, 0.1) is 17.8 Å². The van der Waals surface area contributed by atoms with Crippen LogP contribution in [-0.2, 0) is 4.79 Å². The highest BCUT2D eigenvalue weighted by Gasteiger charge is 2.44. The number of carbonyl (C=O) groups excluding carboxylic acids is 1. The maximum Gasteiger partial charge on any atom is 0.226 e. The summed E-state index contributed by atoms with van der Waals surface area (Å²) in [5, 5.41) is 0. The van der Waals surface area contributed by atoms with Crippen molar-refractivity contribution in [2.24, 2.45) is 17.8 Å². The lowest BCUT2D eigenvalue weighted by molar-refractivity contribution is -0.139. The van der Waals surface area contributed by atoms with Crippen molar-refractivity contribution in [1.82, 2.24) is 4.90 Å². The number of hydrogen-bond acceptors (Lipinski definition) is 1. The normalized spacial score (nSPS) is 35.6. The van der Waals surface area contributed by atoms with Crippen LogP contribution in [0.4, 0.5) is 0 Å². The van der Waals surface area contributed by atoms with Crippen molar-refractivity contribution in [2.45, 2.75) is 65.5 Å². The maximum absolute atomic E-state index is 12.5. The quantitative estimate of drug-likeness (QED) is 0.704. The zero-order chi connectivity index (χ0) is 11.9. The van der Waals surface area contributed by atoms with Gasteiger partial charge in [-0.2, -0.15) is 0 Å². The molecule has 0 aromatic heterocycles. The van der Waals surface area contributed by atoms with Gasteiger partial charge in [-0.1, -0.05) is 27.2 Å². The SMILES string of the molecule is CC(C)C(C)C(=O)N1C(C)CC2CCCC21. The highest BCUT2D eigenvalue weighted by Crippen LogP contribution is 2.41. The van der Waals surface area contributed by atoms with Crippen molar-refractivity contribution < 1.29 is 4.79 Å². The Morgan fingerprint density at radius 3 is 2.56 bits per heavy atom. The molecule has 1 saturated carbocycles. The van der Waals surface area contributed by atoms with Crippen LogP contribution in [0.15, 0.2) is 0 Å². The van der Waals surface area contributed by atoms with Gasteiger partial charge in [0.25, 0.3) is 0 Å². The number of hydrogen-bond donors (Lipinski definition) is 0. The van der Waals surface area contributed by atoms with Gasteiger partial charge in [0.1, 0.15) is 0 Å². The summed E-state index contributed by atoms with van der Waals surface area (Å²) in [6.07, 6.45) is 5.14. The van der Waals surface area contributed by atoms with E-state index in [1.165, 1.54) is 25.7 Å². The second-order valence-corrected chi connectivity index (χ2v) is 6.12. The third kappa shape index (κ3) is 1.87. The second kappa shape index (κ2) is 4.38. The number of likely N-dealkylation sites (tertiary alicyclic amines) is 1. The van der Waals surface area contributed by atoms with Gasteiger partial charge >= 0.3 is 0 Å². The Morgan fingerprint density at radius 2 is 1.94 bits per heavy atom. The maximum atomic E-state index is 12.5. The van der Waals surface area contributed by atoms with E-state index in [0.29, 0.717) is 23.9 Å². The largest absolute Gasteiger partial charge is 0.336 e. The molecule has 0 bridgehead atoms. The van der Waals surface area contributed by atoms with E-state index in [2.05, 4.69) is 32.6 Å². The minimum atomic E-state index is 0.182. The van der Waals surface area contributed by atoms with Crippen LogP contribution in [0.5, 0.6) is 0 Å². The zero-order valence-corrected chi connectivity index (χ0v) is 11.1. The van der Waals surface area contributed by atoms with Crippen LogP contribution in [-0.4, -0.2) is 22.9 Å². The summed E-state index contributed by atoms with van der Waals surface area (Å²) in [5.41, 5.74) is 0. The molecule has 4 atom stereocenters. The molecule has 1 aliphatic heterocycles. The fraction of sp³-hybridized carbons (Fsp3) is 0.929. The molecular formula is C14H25NO. The number of rotatable bonds is 2. The first-order valence-electron chi connectivity index (χ1n) is 6.84. The smallest absolute Gasteiger partial charge is 0.226 e. The Labute approximate surface area is 99.4 Å². The summed E-state index contributed by atoms with van der Waals surface area (Å²) < 4.78 is 0. The van der Waals surface area contributed by atoms with Gasteiger partial charge in [0.05, 0.1) is 0 Å². The first-order chi connectivity index (χ1) is 7.52. The van der Waals surface area contributed by atoms with Crippen molar-refractivity contribution in [3.8, 4) is 0 Å². The molecule has 2 aliphatic rings. The fourth-order valence-corrected chi connectivity index (χ4v) is 3.44. The lowest BCUT2D eigenvalue weighted by Crippen LogP contribution is -2.44.